The van der Waals surface area contributed by atoms with E-state index in [1.165, 1.54) is 6.26 Å². The lowest BCUT2D eigenvalue weighted by atomic mass is 10.1. The number of amides is 2. The van der Waals surface area contributed by atoms with E-state index in [2.05, 4.69) is 5.32 Å². The molecule has 0 radical (unpaired) electrons. The Morgan fingerprint density at radius 3 is 2.36 bits per heavy atom. The molecule has 3 rings (SSSR count). The summed E-state index contributed by atoms with van der Waals surface area (Å²) in [5.41, 5.74) is 2.08. The predicted octanol–water partition coefficient (Wildman–Crippen LogP) is 3.08. The van der Waals surface area contributed by atoms with Crippen LogP contribution in [0.1, 0.15) is 39.3 Å². The molecule has 1 aliphatic rings. The first kappa shape index (κ1) is 14.4. The summed E-state index contributed by atoms with van der Waals surface area (Å²) in [5.74, 6) is 0.0654. The number of nitrogens with one attached hydrogen (secondary N) is 1. The molecule has 1 fully saturated rings. The summed E-state index contributed by atoms with van der Waals surface area (Å²) in [4.78, 5) is 26.1. The molecule has 0 atom stereocenters. The second-order valence-electron chi connectivity index (χ2n) is 5.46. The largest absolute Gasteiger partial charge is 0.459 e. The van der Waals surface area contributed by atoms with Gasteiger partial charge in [0.2, 0.25) is 0 Å². The molecule has 1 N–H and O–H groups in total. The SMILES string of the molecule is Cc1ccoc1C(=O)Nc1ccc(C(=O)N2CCCC2)cc1. The number of benzene rings is 1. The van der Waals surface area contributed by atoms with Gasteiger partial charge >= 0.3 is 0 Å². The summed E-state index contributed by atoms with van der Waals surface area (Å²) in [6, 6.07) is 8.70. The number of carbonyl (C=O) groups excluding carboxylic acids is 2. The van der Waals surface area contributed by atoms with Crippen molar-refractivity contribution >= 4 is 17.5 Å². The van der Waals surface area contributed by atoms with Gasteiger partial charge in [0, 0.05) is 29.9 Å². The molecule has 0 saturated carbocycles. The maximum atomic E-state index is 12.2. The zero-order chi connectivity index (χ0) is 15.5. The third-order valence-electron chi connectivity index (χ3n) is 3.85. The second kappa shape index (κ2) is 6.05. The molecular formula is C17H18N2O3. The molecule has 5 nitrogen and oxygen atoms in total. The van der Waals surface area contributed by atoms with E-state index in [0.717, 1.165) is 31.5 Å². The normalized spacial score (nSPS) is 14.1. The van der Waals surface area contributed by atoms with Crippen molar-refractivity contribution in [2.75, 3.05) is 18.4 Å². The first-order valence-corrected chi connectivity index (χ1v) is 7.40. The van der Waals surface area contributed by atoms with Gasteiger partial charge in [0.1, 0.15) is 0 Å². The monoisotopic (exact) mass is 298 g/mol. The minimum absolute atomic E-state index is 0.0530. The molecule has 1 aromatic heterocycles. The van der Waals surface area contributed by atoms with Crippen LogP contribution in [-0.2, 0) is 0 Å². The van der Waals surface area contributed by atoms with Gasteiger partial charge < -0.3 is 14.6 Å². The smallest absolute Gasteiger partial charge is 0.291 e. The van der Waals surface area contributed by atoms with Crippen molar-refractivity contribution in [3.8, 4) is 0 Å². The average molecular weight is 298 g/mol. The molecule has 0 bridgehead atoms. The number of aryl methyl sites for hydroxylation is 1. The zero-order valence-corrected chi connectivity index (χ0v) is 12.5. The lowest BCUT2D eigenvalue weighted by molar-refractivity contribution is 0.0792. The zero-order valence-electron chi connectivity index (χ0n) is 12.5. The van der Waals surface area contributed by atoms with Crippen molar-refractivity contribution in [2.45, 2.75) is 19.8 Å². The van der Waals surface area contributed by atoms with Gasteiger partial charge in [-0.05, 0) is 50.1 Å². The lowest BCUT2D eigenvalue weighted by Gasteiger charge is -2.15. The van der Waals surface area contributed by atoms with E-state index in [-0.39, 0.29) is 11.8 Å². The van der Waals surface area contributed by atoms with Crippen LogP contribution in [0.25, 0.3) is 0 Å². The van der Waals surface area contributed by atoms with Crippen LogP contribution in [0, 0.1) is 6.92 Å². The van der Waals surface area contributed by atoms with Crippen molar-refractivity contribution in [3.05, 3.63) is 53.5 Å². The van der Waals surface area contributed by atoms with Crippen LogP contribution < -0.4 is 5.32 Å². The molecule has 5 heteroatoms. The van der Waals surface area contributed by atoms with Crippen LogP contribution in [-0.4, -0.2) is 29.8 Å². The Morgan fingerprint density at radius 2 is 1.77 bits per heavy atom. The van der Waals surface area contributed by atoms with Crippen LogP contribution in [0.15, 0.2) is 41.0 Å². The first-order chi connectivity index (χ1) is 10.6. The van der Waals surface area contributed by atoms with Crippen LogP contribution in [0.2, 0.25) is 0 Å². The lowest BCUT2D eigenvalue weighted by Crippen LogP contribution is -2.27. The summed E-state index contributed by atoms with van der Waals surface area (Å²) < 4.78 is 5.15. The van der Waals surface area contributed by atoms with Gasteiger partial charge in [0.15, 0.2) is 5.76 Å². The van der Waals surface area contributed by atoms with E-state index in [1.54, 1.807) is 30.3 Å². The summed E-state index contributed by atoms with van der Waals surface area (Å²) in [6.07, 6.45) is 3.63. The van der Waals surface area contributed by atoms with Crippen LogP contribution >= 0.6 is 0 Å². The third kappa shape index (κ3) is 2.88. The molecule has 1 saturated heterocycles. The fourth-order valence-electron chi connectivity index (χ4n) is 2.59. The Hall–Kier alpha value is -2.56. The van der Waals surface area contributed by atoms with E-state index in [0.29, 0.717) is 17.0 Å². The van der Waals surface area contributed by atoms with Crippen LogP contribution in [0.3, 0.4) is 0 Å². The van der Waals surface area contributed by atoms with Crippen molar-refractivity contribution in [1.82, 2.24) is 4.90 Å². The van der Waals surface area contributed by atoms with Crippen molar-refractivity contribution in [2.24, 2.45) is 0 Å². The highest BCUT2D eigenvalue weighted by molar-refractivity contribution is 6.03. The molecule has 2 aromatic rings. The number of hydrogen-bond acceptors (Lipinski definition) is 3. The summed E-state index contributed by atoms with van der Waals surface area (Å²) in [6.45, 7) is 3.47. The number of rotatable bonds is 3. The fourth-order valence-corrected chi connectivity index (χ4v) is 2.59. The minimum Gasteiger partial charge on any atom is -0.459 e. The molecule has 0 unspecified atom stereocenters. The van der Waals surface area contributed by atoms with E-state index >= 15 is 0 Å². The number of hydrogen-bond donors (Lipinski definition) is 1. The third-order valence-corrected chi connectivity index (χ3v) is 3.85. The first-order valence-electron chi connectivity index (χ1n) is 7.40. The maximum absolute atomic E-state index is 12.2. The van der Waals surface area contributed by atoms with Crippen LogP contribution in [0.5, 0.6) is 0 Å². The Kier molecular flexibility index (Phi) is 3.96. The molecular weight excluding hydrogens is 280 g/mol. The Balaban J connectivity index is 1.68. The van der Waals surface area contributed by atoms with E-state index in [1.807, 2.05) is 11.8 Å². The summed E-state index contributed by atoms with van der Waals surface area (Å²) in [5, 5.41) is 2.76. The second-order valence-corrected chi connectivity index (χ2v) is 5.46. The molecule has 1 aromatic carbocycles. The Morgan fingerprint density at radius 1 is 1.09 bits per heavy atom. The quantitative estimate of drug-likeness (QED) is 0.947. The number of nitrogens with zero attached hydrogens (tertiary/aromatic N) is 1. The number of furan rings is 1. The van der Waals surface area contributed by atoms with Crippen LogP contribution in [0.4, 0.5) is 5.69 Å². The maximum Gasteiger partial charge on any atom is 0.291 e. The summed E-state index contributed by atoms with van der Waals surface area (Å²) in [7, 11) is 0. The van der Waals surface area contributed by atoms with Gasteiger partial charge in [0.05, 0.1) is 6.26 Å². The van der Waals surface area contributed by atoms with Gasteiger partial charge in [-0.15, -0.1) is 0 Å². The highest BCUT2D eigenvalue weighted by Crippen LogP contribution is 2.17. The van der Waals surface area contributed by atoms with Gasteiger partial charge in [-0.25, -0.2) is 0 Å². The molecule has 2 heterocycles. The topological polar surface area (TPSA) is 62.6 Å². The highest BCUT2D eigenvalue weighted by atomic mass is 16.3. The average Bonchev–Trinajstić information content (AvgIpc) is 3.18. The summed E-state index contributed by atoms with van der Waals surface area (Å²) >= 11 is 0. The van der Waals surface area contributed by atoms with E-state index < -0.39 is 0 Å². The fraction of sp³-hybridized carbons (Fsp3) is 0.294. The molecule has 1 aliphatic heterocycles. The van der Waals surface area contributed by atoms with Crippen molar-refractivity contribution in [3.63, 3.8) is 0 Å². The van der Waals surface area contributed by atoms with Gasteiger partial charge in [-0.1, -0.05) is 0 Å². The Bertz CT molecular complexity index is 682. The number of carbonyl (C=O) groups is 2. The highest BCUT2D eigenvalue weighted by Gasteiger charge is 2.19. The molecule has 2 amide bonds. The van der Waals surface area contributed by atoms with Gasteiger partial charge in [0.25, 0.3) is 11.8 Å². The van der Waals surface area contributed by atoms with Gasteiger partial charge in [-0.3, -0.25) is 9.59 Å². The standard InChI is InChI=1S/C17H18N2O3/c1-12-8-11-22-15(12)16(20)18-14-6-4-13(5-7-14)17(21)19-9-2-3-10-19/h4-8,11H,2-3,9-10H2,1H3,(H,18,20). The molecule has 0 aliphatic carbocycles. The van der Waals surface area contributed by atoms with Crippen molar-refractivity contribution in [1.29, 1.82) is 0 Å². The van der Waals surface area contributed by atoms with E-state index in [9.17, 15) is 9.59 Å². The Labute approximate surface area is 128 Å². The number of likely N-dealkylation sites (tertiary alicyclic amines) is 1. The molecule has 114 valence electrons. The van der Waals surface area contributed by atoms with E-state index in [4.69, 9.17) is 4.42 Å². The predicted molar refractivity (Wildman–Crippen MR) is 83.0 cm³/mol. The molecule has 0 spiro atoms. The number of anilines is 1. The minimum atomic E-state index is -0.291. The van der Waals surface area contributed by atoms with Crippen molar-refractivity contribution < 1.29 is 14.0 Å². The van der Waals surface area contributed by atoms with Gasteiger partial charge in [-0.2, -0.15) is 0 Å². The molecule has 22 heavy (non-hydrogen) atoms.